The first-order valence-electron chi connectivity index (χ1n) is 5.37. The van der Waals surface area contributed by atoms with Crippen LogP contribution in [0.4, 0.5) is 0 Å². The van der Waals surface area contributed by atoms with E-state index in [9.17, 15) is 4.21 Å². The fourth-order valence-corrected chi connectivity index (χ4v) is 2.79. The van der Waals surface area contributed by atoms with E-state index in [1.54, 1.807) is 0 Å². The smallest absolute Gasteiger partial charge is 0.153 e. The van der Waals surface area contributed by atoms with Crippen molar-refractivity contribution in [1.82, 2.24) is 4.90 Å². The highest BCUT2D eigenvalue weighted by molar-refractivity contribution is 7.79. The fraction of sp³-hybridized carbons (Fsp3) is 1.00. The summed E-state index contributed by atoms with van der Waals surface area (Å²) in [6.07, 6.45) is 2.16. The zero-order valence-electron chi connectivity index (χ0n) is 9.11. The standard InChI is InChI=1S/C10H21NO2S/c1-9(2)7-11-5-3-10(4-6-11)8-14(12)13/h9-10H,3-8H2,1-2H3,(H,12,13). The van der Waals surface area contributed by atoms with Gasteiger partial charge in [0.2, 0.25) is 0 Å². The van der Waals surface area contributed by atoms with Crippen LogP contribution in [0, 0.1) is 11.8 Å². The molecule has 0 aliphatic carbocycles. The first-order valence-corrected chi connectivity index (χ1v) is 6.65. The molecule has 1 rings (SSSR count). The maximum Gasteiger partial charge on any atom is 0.153 e. The Morgan fingerprint density at radius 2 is 2.00 bits per heavy atom. The van der Waals surface area contributed by atoms with Gasteiger partial charge in [-0.1, -0.05) is 13.8 Å². The van der Waals surface area contributed by atoms with Gasteiger partial charge in [0, 0.05) is 6.54 Å². The third-order valence-electron chi connectivity index (χ3n) is 2.71. The van der Waals surface area contributed by atoms with Gasteiger partial charge in [-0.2, -0.15) is 0 Å². The molecule has 3 nitrogen and oxygen atoms in total. The van der Waals surface area contributed by atoms with Gasteiger partial charge < -0.3 is 9.45 Å². The fourth-order valence-electron chi connectivity index (χ4n) is 2.05. The van der Waals surface area contributed by atoms with Crippen molar-refractivity contribution in [2.45, 2.75) is 26.7 Å². The van der Waals surface area contributed by atoms with E-state index in [0.717, 1.165) is 38.4 Å². The maximum atomic E-state index is 10.6. The van der Waals surface area contributed by atoms with E-state index in [-0.39, 0.29) is 0 Å². The summed E-state index contributed by atoms with van der Waals surface area (Å²) in [7, 11) is 0. The van der Waals surface area contributed by atoms with E-state index in [4.69, 9.17) is 4.55 Å². The van der Waals surface area contributed by atoms with Crippen molar-refractivity contribution < 1.29 is 8.76 Å². The SMILES string of the molecule is CC(C)CN1CCC(CS(=O)O)CC1. The minimum absolute atomic E-state index is 0.462. The van der Waals surface area contributed by atoms with Gasteiger partial charge in [-0.15, -0.1) is 0 Å². The molecule has 1 saturated heterocycles. The summed E-state index contributed by atoms with van der Waals surface area (Å²) in [5, 5.41) is 0. The van der Waals surface area contributed by atoms with Crippen molar-refractivity contribution in [3.05, 3.63) is 0 Å². The van der Waals surface area contributed by atoms with Gasteiger partial charge in [0.25, 0.3) is 0 Å². The Balaban J connectivity index is 2.21. The Hall–Kier alpha value is 0.0700. The summed E-state index contributed by atoms with van der Waals surface area (Å²) < 4.78 is 19.4. The van der Waals surface area contributed by atoms with Crippen LogP contribution in [0.2, 0.25) is 0 Å². The minimum Gasteiger partial charge on any atom is -0.306 e. The Labute approximate surface area is 89.2 Å². The Kier molecular flexibility index (Phi) is 5.06. The van der Waals surface area contributed by atoms with Crippen LogP contribution in [0.25, 0.3) is 0 Å². The molecule has 84 valence electrons. The number of rotatable bonds is 4. The van der Waals surface area contributed by atoms with Gasteiger partial charge in [0.15, 0.2) is 11.1 Å². The first kappa shape index (κ1) is 12.1. The monoisotopic (exact) mass is 219 g/mol. The Bertz CT molecular complexity index is 189. The molecule has 1 heterocycles. The van der Waals surface area contributed by atoms with Crippen LogP contribution in [-0.2, 0) is 11.1 Å². The predicted octanol–water partition coefficient (Wildman–Crippen LogP) is 1.58. The number of hydrogen-bond donors (Lipinski definition) is 1. The quantitative estimate of drug-likeness (QED) is 0.730. The van der Waals surface area contributed by atoms with E-state index in [1.807, 2.05) is 0 Å². The van der Waals surface area contributed by atoms with E-state index >= 15 is 0 Å². The molecule has 0 aromatic rings. The van der Waals surface area contributed by atoms with Crippen molar-refractivity contribution >= 4 is 11.1 Å². The maximum absolute atomic E-state index is 10.6. The molecule has 0 saturated carbocycles. The molecule has 1 N–H and O–H groups in total. The third-order valence-corrected chi connectivity index (χ3v) is 3.47. The molecule has 1 atom stereocenters. The van der Waals surface area contributed by atoms with Gasteiger partial charge in [-0.3, -0.25) is 0 Å². The van der Waals surface area contributed by atoms with Crippen LogP contribution in [0.1, 0.15) is 26.7 Å². The number of hydrogen-bond acceptors (Lipinski definition) is 2. The molecule has 0 bridgehead atoms. The Morgan fingerprint density at radius 1 is 1.43 bits per heavy atom. The second kappa shape index (κ2) is 5.83. The van der Waals surface area contributed by atoms with Crippen molar-refractivity contribution in [2.24, 2.45) is 11.8 Å². The second-order valence-corrected chi connectivity index (χ2v) is 5.60. The average molecular weight is 219 g/mol. The molecule has 14 heavy (non-hydrogen) atoms. The molecule has 1 unspecified atom stereocenters. The van der Waals surface area contributed by atoms with E-state index in [1.165, 1.54) is 0 Å². The zero-order chi connectivity index (χ0) is 10.6. The highest BCUT2D eigenvalue weighted by atomic mass is 32.2. The molecule has 1 aliphatic heterocycles. The minimum atomic E-state index is -1.60. The lowest BCUT2D eigenvalue weighted by atomic mass is 9.98. The van der Waals surface area contributed by atoms with Gasteiger partial charge in [-0.25, -0.2) is 4.21 Å². The van der Waals surface area contributed by atoms with Crippen LogP contribution in [0.15, 0.2) is 0 Å². The van der Waals surface area contributed by atoms with Crippen molar-refractivity contribution in [3.63, 3.8) is 0 Å². The Morgan fingerprint density at radius 3 is 2.43 bits per heavy atom. The molecule has 1 aliphatic rings. The van der Waals surface area contributed by atoms with Crippen LogP contribution in [0.3, 0.4) is 0 Å². The molecular formula is C10H21NO2S. The van der Waals surface area contributed by atoms with Crippen molar-refractivity contribution in [2.75, 3.05) is 25.4 Å². The lowest BCUT2D eigenvalue weighted by Gasteiger charge is -2.32. The van der Waals surface area contributed by atoms with Gasteiger partial charge in [0.1, 0.15) is 0 Å². The van der Waals surface area contributed by atoms with Gasteiger partial charge >= 0.3 is 0 Å². The molecule has 0 radical (unpaired) electrons. The third kappa shape index (κ3) is 4.53. The van der Waals surface area contributed by atoms with Crippen LogP contribution >= 0.6 is 0 Å². The lowest BCUT2D eigenvalue weighted by molar-refractivity contribution is 0.175. The number of nitrogens with zero attached hydrogens (tertiary/aromatic N) is 1. The van der Waals surface area contributed by atoms with Crippen molar-refractivity contribution in [1.29, 1.82) is 0 Å². The average Bonchev–Trinajstić information content (AvgIpc) is 2.06. The van der Waals surface area contributed by atoms with E-state index in [0.29, 0.717) is 11.7 Å². The summed E-state index contributed by atoms with van der Waals surface area (Å²) in [6.45, 7) is 7.82. The topological polar surface area (TPSA) is 40.5 Å². The largest absolute Gasteiger partial charge is 0.306 e. The summed E-state index contributed by atoms with van der Waals surface area (Å²) >= 11 is -1.60. The molecule has 0 aromatic carbocycles. The predicted molar refractivity (Wildman–Crippen MR) is 59.6 cm³/mol. The molecule has 4 heteroatoms. The first-order chi connectivity index (χ1) is 6.58. The normalized spacial score (nSPS) is 22.9. The van der Waals surface area contributed by atoms with Crippen LogP contribution < -0.4 is 0 Å². The number of likely N-dealkylation sites (tertiary alicyclic amines) is 1. The second-order valence-electron chi connectivity index (χ2n) is 4.63. The lowest BCUT2D eigenvalue weighted by Crippen LogP contribution is -2.37. The molecule has 0 spiro atoms. The molecule has 0 aromatic heterocycles. The van der Waals surface area contributed by atoms with Gasteiger partial charge in [0.05, 0.1) is 5.75 Å². The van der Waals surface area contributed by atoms with Crippen LogP contribution in [0.5, 0.6) is 0 Å². The molecule has 1 fully saturated rings. The number of piperidine rings is 1. The van der Waals surface area contributed by atoms with E-state index < -0.39 is 11.1 Å². The molecular weight excluding hydrogens is 198 g/mol. The summed E-state index contributed by atoms with van der Waals surface area (Å²) in [4.78, 5) is 2.46. The van der Waals surface area contributed by atoms with Crippen molar-refractivity contribution in [3.8, 4) is 0 Å². The van der Waals surface area contributed by atoms with E-state index in [2.05, 4.69) is 18.7 Å². The summed E-state index contributed by atoms with van der Waals surface area (Å²) in [6, 6.07) is 0. The highest BCUT2D eigenvalue weighted by Gasteiger charge is 2.20. The van der Waals surface area contributed by atoms with Gasteiger partial charge in [-0.05, 0) is 37.8 Å². The van der Waals surface area contributed by atoms with Crippen LogP contribution in [-0.4, -0.2) is 39.0 Å². The molecule has 0 amide bonds. The summed E-state index contributed by atoms with van der Waals surface area (Å²) in [5.74, 6) is 1.65. The summed E-state index contributed by atoms with van der Waals surface area (Å²) in [5.41, 5.74) is 0. The zero-order valence-corrected chi connectivity index (χ0v) is 9.92. The highest BCUT2D eigenvalue weighted by Crippen LogP contribution is 2.18.